The quantitative estimate of drug-likeness (QED) is 0.378. The molecule has 2 aromatic rings. The Morgan fingerprint density at radius 2 is 1.81 bits per heavy atom. The summed E-state index contributed by atoms with van der Waals surface area (Å²) in [5.74, 6) is 0.581. The number of nitrogens with one attached hydrogen (secondary N) is 2. The number of guanidine groups is 1. The molecule has 144 valence electrons. The van der Waals surface area contributed by atoms with Crippen molar-refractivity contribution in [3.63, 3.8) is 0 Å². The number of carbonyl (C=O) groups excluding carboxylic acids is 1. The number of hydrogen-bond acceptors (Lipinski definition) is 3. The first-order valence-electron chi connectivity index (χ1n) is 8.77. The Bertz CT molecular complexity index is 759. The predicted octanol–water partition coefficient (Wildman–Crippen LogP) is 2.70. The summed E-state index contributed by atoms with van der Waals surface area (Å²) in [7, 11) is 0. The number of nitrogens with zero attached hydrogens (tertiary/aromatic N) is 1. The lowest BCUT2D eigenvalue weighted by Crippen LogP contribution is -2.29. The van der Waals surface area contributed by atoms with Gasteiger partial charge < -0.3 is 21.1 Å². The Morgan fingerprint density at radius 1 is 1.15 bits per heavy atom. The van der Waals surface area contributed by atoms with Gasteiger partial charge in [0, 0.05) is 12.2 Å². The summed E-state index contributed by atoms with van der Waals surface area (Å²) in [5, 5.41) is 5.73. The van der Waals surface area contributed by atoms with Crippen LogP contribution in [0.25, 0.3) is 0 Å². The highest BCUT2D eigenvalue weighted by atomic mass is 19.1. The molecule has 0 bridgehead atoms. The van der Waals surface area contributed by atoms with E-state index in [4.69, 9.17) is 10.5 Å². The van der Waals surface area contributed by atoms with Crippen molar-refractivity contribution >= 4 is 17.6 Å². The second kappa shape index (κ2) is 10.2. The van der Waals surface area contributed by atoms with Gasteiger partial charge in [0.05, 0.1) is 19.1 Å². The van der Waals surface area contributed by atoms with Crippen molar-refractivity contribution in [2.75, 3.05) is 18.4 Å². The SMILES string of the molecule is CC(C)Oc1ccc(NC(N)=NCCNC(=O)Cc2ccc(F)cc2)cc1. The third-order valence-corrected chi connectivity index (χ3v) is 3.49. The number of nitrogens with two attached hydrogens (primary N) is 1. The summed E-state index contributed by atoms with van der Waals surface area (Å²) < 4.78 is 18.4. The number of carbonyl (C=O) groups is 1. The maximum absolute atomic E-state index is 12.8. The zero-order valence-electron chi connectivity index (χ0n) is 15.5. The molecule has 0 atom stereocenters. The summed E-state index contributed by atoms with van der Waals surface area (Å²) in [6.07, 6.45) is 0.316. The number of anilines is 1. The summed E-state index contributed by atoms with van der Waals surface area (Å²) in [6, 6.07) is 13.3. The summed E-state index contributed by atoms with van der Waals surface area (Å²) in [5.41, 5.74) is 7.39. The standard InChI is InChI=1S/C20H25FN4O2/c1-14(2)27-18-9-7-17(8-10-18)25-20(22)24-12-11-23-19(26)13-15-3-5-16(21)6-4-15/h3-10,14H,11-13H2,1-2H3,(H,23,26)(H3,22,24,25). The molecule has 4 N–H and O–H groups in total. The summed E-state index contributed by atoms with van der Waals surface area (Å²) >= 11 is 0. The third kappa shape index (κ3) is 7.77. The molecule has 0 aliphatic rings. The van der Waals surface area contributed by atoms with Gasteiger partial charge in [-0.05, 0) is 55.8 Å². The fourth-order valence-corrected chi connectivity index (χ4v) is 2.30. The van der Waals surface area contributed by atoms with Gasteiger partial charge in [-0.2, -0.15) is 0 Å². The van der Waals surface area contributed by atoms with Gasteiger partial charge in [-0.15, -0.1) is 0 Å². The molecule has 0 radical (unpaired) electrons. The van der Waals surface area contributed by atoms with Gasteiger partial charge in [0.25, 0.3) is 0 Å². The predicted molar refractivity (Wildman–Crippen MR) is 105 cm³/mol. The second-order valence-corrected chi connectivity index (χ2v) is 6.24. The monoisotopic (exact) mass is 372 g/mol. The third-order valence-electron chi connectivity index (χ3n) is 3.49. The topological polar surface area (TPSA) is 88.7 Å². The lowest BCUT2D eigenvalue weighted by molar-refractivity contribution is -0.120. The molecule has 7 heteroatoms. The highest BCUT2D eigenvalue weighted by Crippen LogP contribution is 2.16. The number of ether oxygens (including phenoxy) is 1. The van der Waals surface area contributed by atoms with E-state index in [1.165, 1.54) is 12.1 Å². The molecule has 27 heavy (non-hydrogen) atoms. The van der Waals surface area contributed by atoms with Crippen LogP contribution in [0, 0.1) is 5.82 Å². The molecule has 0 spiro atoms. The van der Waals surface area contributed by atoms with Crippen LogP contribution < -0.4 is 21.1 Å². The Hall–Kier alpha value is -3.09. The van der Waals surface area contributed by atoms with Gasteiger partial charge in [0.15, 0.2) is 5.96 Å². The van der Waals surface area contributed by atoms with Crippen LogP contribution >= 0.6 is 0 Å². The first-order chi connectivity index (χ1) is 12.9. The molecule has 0 aliphatic heterocycles. The van der Waals surface area contributed by atoms with E-state index in [0.717, 1.165) is 17.0 Å². The average molecular weight is 372 g/mol. The van der Waals surface area contributed by atoms with Crippen LogP contribution in [0.15, 0.2) is 53.5 Å². The van der Waals surface area contributed by atoms with E-state index in [-0.39, 0.29) is 30.2 Å². The van der Waals surface area contributed by atoms with Crippen molar-refractivity contribution in [3.8, 4) is 5.75 Å². The second-order valence-electron chi connectivity index (χ2n) is 6.24. The van der Waals surface area contributed by atoms with Crippen molar-refractivity contribution in [2.24, 2.45) is 10.7 Å². The zero-order chi connectivity index (χ0) is 19.6. The van der Waals surface area contributed by atoms with Crippen molar-refractivity contribution in [3.05, 3.63) is 59.9 Å². The Kier molecular flexibility index (Phi) is 7.61. The molecule has 2 aromatic carbocycles. The van der Waals surface area contributed by atoms with E-state index >= 15 is 0 Å². The summed E-state index contributed by atoms with van der Waals surface area (Å²) in [4.78, 5) is 16.0. The van der Waals surface area contributed by atoms with Gasteiger partial charge in [0.1, 0.15) is 11.6 Å². The molecule has 0 aliphatic carbocycles. The van der Waals surface area contributed by atoms with Crippen LogP contribution in [-0.4, -0.2) is 31.1 Å². The van der Waals surface area contributed by atoms with E-state index in [1.807, 2.05) is 38.1 Å². The number of halogens is 1. The largest absolute Gasteiger partial charge is 0.491 e. The zero-order valence-corrected chi connectivity index (χ0v) is 15.5. The average Bonchev–Trinajstić information content (AvgIpc) is 2.62. The lowest BCUT2D eigenvalue weighted by Gasteiger charge is -2.11. The fourth-order valence-electron chi connectivity index (χ4n) is 2.30. The normalized spacial score (nSPS) is 11.3. The van der Waals surface area contributed by atoms with Gasteiger partial charge in [0.2, 0.25) is 5.91 Å². The molecular formula is C20H25FN4O2. The Labute approximate surface area is 158 Å². The van der Waals surface area contributed by atoms with Crippen molar-refractivity contribution in [2.45, 2.75) is 26.4 Å². The minimum absolute atomic E-state index is 0.119. The molecule has 0 aromatic heterocycles. The van der Waals surface area contributed by atoms with Crippen molar-refractivity contribution in [1.29, 1.82) is 0 Å². The van der Waals surface area contributed by atoms with E-state index in [0.29, 0.717) is 13.1 Å². The molecular weight excluding hydrogens is 347 g/mol. The molecule has 0 fully saturated rings. The van der Waals surface area contributed by atoms with Gasteiger partial charge in [-0.25, -0.2) is 4.39 Å². The molecule has 1 amide bonds. The molecule has 2 rings (SSSR count). The molecule has 0 heterocycles. The molecule has 0 saturated heterocycles. The first kappa shape index (κ1) is 20.2. The first-order valence-corrected chi connectivity index (χ1v) is 8.77. The Morgan fingerprint density at radius 3 is 2.44 bits per heavy atom. The van der Waals surface area contributed by atoms with Crippen LogP contribution in [0.3, 0.4) is 0 Å². The molecule has 0 saturated carbocycles. The maximum Gasteiger partial charge on any atom is 0.224 e. The summed E-state index contributed by atoms with van der Waals surface area (Å²) in [6.45, 7) is 4.65. The minimum atomic E-state index is -0.321. The van der Waals surface area contributed by atoms with Gasteiger partial charge >= 0.3 is 0 Å². The molecule has 0 unspecified atom stereocenters. The van der Waals surface area contributed by atoms with Crippen LogP contribution in [0.1, 0.15) is 19.4 Å². The highest BCUT2D eigenvalue weighted by molar-refractivity contribution is 5.92. The Balaban J connectivity index is 1.70. The van der Waals surface area contributed by atoms with E-state index in [2.05, 4.69) is 15.6 Å². The fraction of sp³-hybridized carbons (Fsp3) is 0.300. The van der Waals surface area contributed by atoms with E-state index in [1.54, 1.807) is 12.1 Å². The highest BCUT2D eigenvalue weighted by Gasteiger charge is 2.03. The minimum Gasteiger partial charge on any atom is -0.491 e. The van der Waals surface area contributed by atoms with Crippen LogP contribution in [-0.2, 0) is 11.2 Å². The number of benzene rings is 2. The molecule has 6 nitrogen and oxygen atoms in total. The number of hydrogen-bond donors (Lipinski definition) is 3. The van der Waals surface area contributed by atoms with Crippen molar-refractivity contribution < 1.29 is 13.9 Å². The van der Waals surface area contributed by atoms with Crippen LogP contribution in [0.5, 0.6) is 5.75 Å². The maximum atomic E-state index is 12.8. The van der Waals surface area contributed by atoms with Gasteiger partial charge in [-0.3, -0.25) is 9.79 Å². The smallest absolute Gasteiger partial charge is 0.224 e. The number of aliphatic imine (C=N–C) groups is 1. The number of amides is 1. The van der Waals surface area contributed by atoms with Crippen LogP contribution in [0.2, 0.25) is 0 Å². The lowest BCUT2D eigenvalue weighted by atomic mass is 10.1. The van der Waals surface area contributed by atoms with Gasteiger partial charge in [-0.1, -0.05) is 12.1 Å². The van der Waals surface area contributed by atoms with Crippen molar-refractivity contribution in [1.82, 2.24) is 5.32 Å². The van der Waals surface area contributed by atoms with E-state index < -0.39 is 0 Å². The van der Waals surface area contributed by atoms with Crippen LogP contribution in [0.4, 0.5) is 10.1 Å². The number of rotatable bonds is 8. The van der Waals surface area contributed by atoms with E-state index in [9.17, 15) is 9.18 Å².